The van der Waals surface area contributed by atoms with Crippen LogP contribution in [0, 0.1) is 0 Å². The molecule has 0 aliphatic carbocycles. The molecule has 0 aliphatic heterocycles. The Bertz CT molecular complexity index is 1000. The molecule has 3 aromatic rings. The Labute approximate surface area is 175 Å². The molecule has 2 aromatic carbocycles. The lowest BCUT2D eigenvalue weighted by Crippen LogP contribution is -2.12. The highest BCUT2D eigenvalue weighted by Crippen LogP contribution is 2.39. The van der Waals surface area contributed by atoms with Gasteiger partial charge in [0.2, 0.25) is 0 Å². The second-order valence-corrected chi connectivity index (χ2v) is 7.20. The van der Waals surface area contributed by atoms with Gasteiger partial charge in [-0.25, -0.2) is 0 Å². The SMILES string of the molecule is C/C=C(/COc1ccc(-c2nnc(CCO)s2)cc1C(F)(F)F)Oc1ccccc1. The van der Waals surface area contributed by atoms with Gasteiger partial charge in [0.25, 0.3) is 0 Å². The van der Waals surface area contributed by atoms with Crippen molar-refractivity contribution in [2.75, 3.05) is 13.2 Å². The van der Waals surface area contributed by atoms with E-state index in [1.54, 1.807) is 37.3 Å². The summed E-state index contributed by atoms with van der Waals surface area (Å²) in [7, 11) is 0. The fourth-order valence-electron chi connectivity index (χ4n) is 2.54. The van der Waals surface area contributed by atoms with Crippen molar-refractivity contribution >= 4 is 11.3 Å². The zero-order valence-electron chi connectivity index (χ0n) is 16.0. The van der Waals surface area contributed by atoms with Gasteiger partial charge < -0.3 is 14.6 Å². The molecule has 1 N–H and O–H groups in total. The molecule has 0 bridgehead atoms. The van der Waals surface area contributed by atoms with Gasteiger partial charge >= 0.3 is 6.18 Å². The molecule has 0 fully saturated rings. The molecule has 0 amide bonds. The number of allylic oxidation sites excluding steroid dienone is 1. The van der Waals surface area contributed by atoms with Gasteiger partial charge in [0.1, 0.15) is 33.9 Å². The number of halogens is 3. The first-order chi connectivity index (χ1) is 14.4. The van der Waals surface area contributed by atoms with E-state index in [4.69, 9.17) is 14.6 Å². The second kappa shape index (κ2) is 9.73. The van der Waals surface area contributed by atoms with Gasteiger partial charge in [-0.15, -0.1) is 10.2 Å². The van der Waals surface area contributed by atoms with Crippen molar-refractivity contribution in [1.82, 2.24) is 10.2 Å². The van der Waals surface area contributed by atoms with Crippen molar-refractivity contribution in [2.24, 2.45) is 0 Å². The molecule has 0 radical (unpaired) electrons. The van der Waals surface area contributed by atoms with Crippen LogP contribution < -0.4 is 9.47 Å². The number of hydrogen-bond donors (Lipinski definition) is 1. The minimum absolute atomic E-state index is 0.104. The van der Waals surface area contributed by atoms with Gasteiger partial charge in [0.15, 0.2) is 0 Å². The maximum Gasteiger partial charge on any atom is 0.419 e. The number of nitrogens with zero attached hydrogens (tertiary/aromatic N) is 2. The van der Waals surface area contributed by atoms with Crippen molar-refractivity contribution in [2.45, 2.75) is 19.5 Å². The summed E-state index contributed by atoms with van der Waals surface area (Å²) in [5.41, 5.74) is -0.628. The van der Waals surface area contributed by atoms with Crippen LogP contribution in [-0.2, 0) is 12.6 Å². The minimum atomic E-state index is -4.61. The van der Waals surface area contributed by atoms with Crippen LogP contribution in [0.1, 0.15) is 17.5 Å². The fraction of sp³-hybridized carbons (Fsp3) is 0.238. The average Bonchev–Trinajstić information content (AvgIpc) is 3.20. The van der Waals surface area contributed by atoms with Crippen LogP contribution >= 0.6 is 11.3 Å². The molecule has 1 heterocycles. The standard InChI is InChI=1S/C21H19F3N2O3S/c1-2-15(29-16-6-4-3-5-7-16)13-28-18-9-8-14(12-17(18)21(22,23)24)20-26-25-19(30-20)10-11-27/h2-9,12,27H,10-11,13H2,1H3/b15-2-. The molecule has 30 heavy (non-hydrogen) atoms. The van der Waals surface area contributed by atoms with E-state index >= 15 is 0 Å². The van der Waals surface area contributed by atoms with Gasteiger partial charge in [-0.05, 0) is 43.3 Å². The number of ether oxygens (including phenoxy) is 2. The summed E-state index contributed by atoms with van der Waals surface area (Å²) < 4.78 is 52.0. The molecule has 9 heteroatoms. The third kappa shape index (κ3) is 5.58. The summed E-state index contributed by atoms with van der Waals surface area (Å²) in [5, 5.41) is 17.7. The van der Waals surface area contributed by atoms with Crippen LogP contribution in [0.25, 0.3) is 10.6 Å². The van der Waals surface area contributed by atoms with E-state index in [2.05, 4.69) is 10.2 Å². The molecule has 0 atom stereocenters. The Morgan fingerprint density at radius 1 is 1.13 bits per heavy atom. The van der Waals surface area contributed by atoms with E-state index in [9.17, 15) is 13.2 Å². The third-order valence-corrected chi connectivity index (χ3v) is 5.04. The number of para-hydroxylation sites is 1. The summed E-state index contributed by atoms with van der Waals surface area (Å²) in [6.07, 6.45) is -2.67. The monoisotopic (exact) mass is 436 g/mol. The first-order valence-electron chi connectivity index (χ1n) is 9.06. The lowest BCUT2D eigenvalue weighted by atomic mass is 10.1. The molecular weight excluding hydrogens is 417 g/mol. The highest BCUT2D eigenvalue weighted by molar-refractivity contribution is 7.14. The van der Waals surface area contributed by atoms with E-state index in [0.717, 1.165) is 17.4 Å². The molecule has 0 aliphatic rings. The predicted molar refractivity (Wildman–Crippen MR) is 107 cm³/mol. The lowest BCUT2D eigenvalue weighted by molar-refractivity contribution is -0.138. The highest BCUT2D eigenvalue weighted by Gasteiger charge is 2.35. The number of aliphatic hydroxyl groups excluding tert-OH is 1. The van der Waals surface area contributed by atoms with Gasteiger partial charge in [-0.3, -0.25) is 0 Å². The lowest BCUT2D eigenvalue weighted by Gasteiger charge is -2.16. The molecular formula is C21H19F3N2O3S. The largest absolute Gasteiger partial charge is 0.485 e. The number of alkyl halides is 3. The number of hydrogen-bond acceptors (Lipinski definition) is 6. The van der Waals surface area contributed by atoms with Crippen molar-refractivity contribution < 1.29 is 27.8 Å². The molecule has 1 aromatic heterocycles. The Kier molecular flexibility index (Phi) is 7.07. The summed E-state index contributed by atoms with van der Waals surface area (Å²) in [6.45, 7) is 1.45. The maximum atomic E-state index is 13.6. The van der Waals surface area contributed by atoms with E-state index < -0.39 is 11.7 Å². The fourth-order valence-corrected chi connectivity index (χ4v) is 3.36. The molecule has 0 saturated carbocycles. The van der Waals surface area contributed by atoms with E-state index in [1.165, 1.54) is 12.1 Å². The van der Waals surface area contributed by atoms with Crippen LogP contribution in [0.15, 0.2) is 60.4 Å². The van der Waals surface area contributed by atoms with Crippen molar-refractivity contribution in [3.63, 3.8) is 0 Å². The molecule has 0 unspecified atom stereocenters. The Morgan fingerprint density at radius 3 is 2.57 bits per heavy atom. The first-order valence-corrected chi connectivity index (χ1v) is 9.88. The number of benzene rings is 2. The van der Waals surface area contributed by atoms with E-state index in [0.29, 0.717) is 27.9 Å². The van der Waals surface area contributed by atoms with E-state index in [1.807, 2.05) is 6.07 Å². The smallest absolute Gasteiger partial charge is 0.419 e. The Morgan fingerprint density at radius 2 is 1.90 bits per heavy atom. The predicted octanol–water partition coefficient (Wildman–Crippen LogP) is 5.12. The Hall–Kier alpha value is -2.91. The molecule has 3 rings (SSSR count). The van der Waals surface area contributed by atoms with Crippen LogP contribution in [0.5, 0.6) is 11.5 Å². The summed E-state index contributed by atoms with van der Waals surface area (Å²) in [5.74, 6) is 0.647. The zero-order chi connectivity index (χ0) is 21.6. The van der Waals surface area contributed by atoms with E-state index in [-0.39, 0.29) is 24.5 Å². The molecule has 0 spiro atoms. The zero-order valence-corrected chi connectivity index (χ0v) is 16.8. The second-order valence-electron chi connectivity index (χ2n) is 6.14. The van der Waals surface area contributed by atoms with Crippen LogP contribution in [0.4, 0.5) is 13.2 Å². The summed E-state index contributed by atoms with van der Waals surface area (Å²) in [6, 6.07) is 12.7. The van der Waals surface area contributed by atoms with Gasteiger partial charge in [-0.1, -0.05) is 29.5 Å². The third-order valence-electron chi connectivity index (χ3n) is 4.01. The highest BCUT2D eigenvalue weighted by atomic mass is 32.1. The van der Waals surface area contributed by atoms with Gasteiger partial charge in [-0.2, -0.15) is 13.2 Å². The molecule has 0 saturated heterocycles. The number of aliphatic hydroxyl groups is 1. The van der Waals surface area contributed by atoms with Crippen LogP contribution in [0.3, 0.4) is 0 Å². The summed E-state index contributed by atoms with van der Waals surface area (Å²) >= 11 is 1.14. The average molecular weight is 436 g/mol. The quantitative estimate of drug-likeness (QED) is 0.497. The van der Waals surface area contributed by atoms with Crippen molar-refractivity contribution in [1.29, 1.82) is 0 Å². The minimum Gasteiger partial charge on any atom is -0.485 e. The van der Waals surface area contributed by atoms with Gasteiger partial charge in [0.05, 0.1) is 5.56 Å². The van der Waals surface area contributed by atoms with Crippen LogP contribution in [0.2, 0.25) is 0 Å². The Balaban J connectivity index is 1.80. The van der Waals surface area contributed by atoms with Crippen molar-refractivity contribution in [3.8, 4) is 22.1 Å². The molecule has 5 nitrogen and oxygen atoms in total. The maximum absolute atomic E-state index is 13.6. The van der Waals surface area contributed by atoms with Crippen LogP contribution in [-0.4, -0.2) is 28.5 Å². The normalized spacial score (nSPS) is 12.1. The topological polar surface area (TPSA) is 64.5 Å². The number of rotatable bonds is 8. The van der Waals surface area contributed by atoms with Crippen molar-refractivity contribution in [3.05, 3.63) is 70.9 Å². The first kappa shape index (κ1) is 21.8. The summed E-state index contributed by atoms with van der Waals surface area (Å²) in [4.78, 5) is 0. The van der Waals surface area contributed by atoms with Gasteiger partial charge in [0, 0.05) is 18.6 Å². The number of aromatic nitrogens is 2. The molecule has 158 valence electrons.